The number of allylic oxidation sites excluding steroid dienone is 1. The van der Waals surface area contributed by atoms with Gasteiger partial charge < -0.3 is 10.1 Å². The summed E-state index contributed by atoms with van der Waals surface area (Å²) < 4.78 is 5.30. The van der Waals surface area contributed by atoms with Crippen molar-refractivity contribution in [2.45, 2.75) is 0 Å². The molecule has 4 heteroatoms. The zero-order valence-electron chi connectivity index (χ0n) is 11.2. The van der Waals surface area contributed by atoms with Crippen molar-refractivity contribution in [2.24, 2.45) is 0 Å². The second-order valence-electron chi connectivity index (χ2n) is 4.68. The summed E-state index contributed by atoms with van der Waals surface area (Å²) in [6.07, 6.45) is 2.61. The fourth-order valence-electron chi connectivity index (χ4n) is 2.18. The zero-order valence-corrected chi connectivity index (χ0v) is 11.2. The molecule has 1 aliphatic heterocycles. The van der Waals surface area contributed by atoms with Crippen molar-refractivity contribution >= 4 is 29.5 Å². The monoisotopic (exact) mass is 279 g/mol. The van der Waals surface area contributed by atoms with E-state index in [2.05, 4.69) is 5.32 Å². The first-order valence-corrected chi connectivity index (χ1v) is 6.55. The van der Waals surface area contributed by atoms with Crippen LogP contribution in [-0.4, -0.2) is 18.8 Å². The van der Waals surface area contributed by atoms with E-state index in [4.69, 9.17) is 4.74 Å². The lowest BCUT2D eigenvalue weighted by molar-refractivity contribution is -0.118. The van der Waals surface area contributed by atoms with E-state index in [1.165, 1.54) is 0 Å². The number of carbonyl (C=O) groups is 2. The number of amides is 1. The van der Waals surface area contributed by atoms with Gasteiger partial charge in [0, 0.05) is 5.57 Å². The van der Waals surface area contributed by atoms with E-state index in [9.17, 15) is 9.59 Å². The van der Waals surface area contributed by atoms with Gasteiger partial charge in [0.1, 0.15) is 5.75 Å². The molecule has 0 bridgehead atoms. The van der Waals surface area contributed by atoms with Crippen LogP contribution in [-0.2, 0) is 9.59 Å². The molecule has 3 rings (SSSR count). The van der Waals surface area contributed by atoms with Gasteiger partial charge in [-0.1, -0.05) is 36.4 Å². The van der Waals surface area contributed by atoms with Crippen molar-refractivity contribution in [2.75, 3.05) is 11.9 Å². The summed E-state index contributed by atoms with van der Waals surface area (Å²) in [7, 11) is 0. The number of aldehydes is 1. The summed E-state index contributed by atoms with van der Waals surface area (Å²) in [6, 6.07) is 14.9. The van der Waals surface area contributed by atoms with Crippen LogP contribution in [0.25, 0.3) is 11.6 Å². The fraction of sp³-hybridized carbons (Fsp3) is 0.0588. The molecule has 21 heavy (non-hydrogen) atoms. The highest BCUT2D eigenvalue weighted by Crippen LogP contribution is 2.31. The molecule has 0 spiro atoms. The topological polar surface area (TPSA) is 55.4 Å². The minimum atomic E-state index is -0.195. The molecule has 1 aliphatic rings. The quantitative estimate of drug-likeness (QED) is 0.534. The normalized spacial score (nSPS) is 13.9. The Hall–Kier alpha value is -2.88. The van der Waals surface area contributed by atoms with Crippen LogP contribution in [0.15, 0.2) is 48.5 Å². The minimum absolute atomic E-state index is 0.0206. The Morgan fingerprint density at radius 2 is 1.95 bits per heavy atom. The van der Waals surface area contributed by atoms with Crippen LogP contribution in [0.2, 0.25) is 0 Å². The van der Waals surface area contributed by atoms with Gasteiger partial charge in [0.2, 0.25) is 0 Å². The van der Waals surface area contributed by atoms with Gasteiger partial charge in [-0.15, -0.1) is 0 Å². The Morgan fingerprint density at radius 3 is 2.71 bits per heavy atom. The van der Waals surface area contributed by atoms with Crippen molar-refractivity contribution in [1.29, 1.82) is 0 Å². The third-order valence-electron chi connectivity index (χ3n) is 3.19. The van der Waals surface area contributed by atoms with Crippen LogP contribution >= 0.6 is 0 Å². The van der Waals surface area contributed by atoms with Crippen LogP contribution in [0.1, 0.15) is 11.1 Å². The van der Waals surface area contributed by atoms with Crippen LogP contribution in [0.3, 0.4) is 0 Å². The first-order chi connectivity index (χ1) is 10.3. The second kappa shape index (κ2) is 5.63. The number of nitrogens with one attached hydrogen (secondary N) is 1. The molecule has 1 N–H and O–H groups in total. The molecular formula is C17H13NO3. The molecule has 0 unspecified atom stereocenters. The highest BCUT2D eigenvalue weighted by atomic mass is 16.5. The van der Waals surface area contributed by atoms with E-state index < -0.39 is 0 Å². The number of fused-ring (bicyclic) bond motifs is 1. The first kappa shape index (κ1) is 13.1. The van der Waals surface area contributed by atoms with Gasteiger partial charge in [-0.2, -0.15) is 0 Å². The largest absolute Gasteiger partial charge is 0.482 e. The second-order valence-corrected chi connectivity index (χ2v) is 4.68. The number of hydrogen-bond donors (Lipinski definition) is 1. The Balaban J connectivity index is 1.98. The molecule has 2 aromatic rings. The van der Waals surface area contributed by atoms with Crippen molar-refractivity contribution in [1.82, 2.24) is 0 Å². The molecule has 0 atom stereocenters. The van der Waals surface area contributed by atoms with Crippen LogP contribution in [0.5, 0.6) is 5.75 Å². The average molecular weight is 279 g/mol. The summed E-state index contributed by atoms with van der Waals surface area (Å²) in [6.45, 7) is 0.0206. The molecule has 4 nitrogen and oxygen atoms in total. The number of rotatable bonds is 3. The lowest BCUT2D eigenvalue weighted by Gasteiger charge is -2.18. The van der Waals surface area contributed by atoms with E-state index in [0.717, 1.165) is 17.4 Å². The third-order valence-corrected chi connectivity index (χ3v) is 3.19. The molecule has 2 aromatic carbocycles. The predicted molar refractivity (Wildman–Crippen MR) is 80.9 cm³/mol. The summed E-state index contributed by atoms with van der Waals surface area (Å²) in [4.78, 5) is 22.7. The summed E-state index contributed by atoms with van der Waals surface area (Å²) in [5.74, 6) is 0.419. The molecule has 0 aromatic heterocycles. The molecule has 0 radical (unpaired) electrons. The van der Waals surface area contributed by atoms with Gasteiger partial charge in [0.15, 0.2) is 12.9 Å². The molecule has 0 fully saturated rings. The van der Waals surface area contributed by atoms with Crippen molar-refractivity contribution in [3.63, 3.8) is 0 Å². The molecule has 104 valence electrons. The highest BCUT2D eigenvalue weighted by Gasteiger charge is 2.16. The lowest BCUT2D eigenvalue weighted by Crippen LogP contribution is -2.25. The molecule has 0 saturated carbocycles. The Morgan fingerprint density at radius 1 is 1.14 bits per heavy atom. The maximum Gasteiger partial charge on any atom is 0.262 e. The summed E-state index contributed by atoms with van der Waals surface area (Å²) in [5, 5.41) is 2.74. The van der Waals surface area contributed by atoms with Crippen LogP contribution in [0.4, 0.5) is 5.69 Å². The third kappa shape index (κ3) is 2.84. The zero-order chi connectivity index (χ0) is 14.7. The summed E-state index contributed by atoms with van der Waals surface area (Å²) >= 11 is 0. The number of hydrogen-bond acceptors (Lipinski definition) is 3. The fourth-order valence-corrected chi connectivity index (χ4v) is 2.18. The van der Waals surface area contributed by atoms with E-state index in [-0.39, 0.29) is 12.5 Å². The molecule has 1 heterocycles. The standard InChI is InChI=1S/C17H13NO3/c19-10-14(8-12-4-2-1-3-5-12)13-6-7-16-15(9-13)18-17(20)11-21-16/h1-10H,11H2,(H,18,20)/b14-8+. The smallest absolute Gasteiger partial charge is 0.262 e. The SMILES string of the molecule is O=C/C(=C\c1ccccc1)c1ccc2c(c1)NC(=O)CO2. The first-order valence-electron chi connectivity index (χ1n) is 6.55. The van der Waals surface area contributed by atoms with Crippen molar-refractivity contribution in [3.05, 3.63) is 59.7 Å². The van der Waals surface area contributed by atoms with Crippen molar-refractivity contribution in [3.8, 4) is 5.75 Å². The van der Waals surface area contributed by atoms with E-state index in [1.54, 1.807) is 24.3 Å². The van der Waals surface area contributed by atoms with Gasteiger partial charge in [-0.05, 0) is 29.3 Å². The van der Waals surface area contributed by atoms with Crippen LogP contribution in [0, 0.1) is 0 Å². The van der Waals surface area contributed by atoms with Gasteiger partial charge >= 0.3 is 0 Å². The van der Waals surface area contributed by atoms with Gasteiger partial charge in [-0.3, -0.25) is 9.59 Å². The van der Waals surface area contributed by atoms with E-state index in [1.807, 2.05) is 30.3 Å². The van der Waals surface area contributed by atoms with E-state index >= 15 is 0 Å². The van der Waals surface area contributed by atoms with Crippen molar-refractivity contribution < 1.29 is 14.3 Å². The Bertz CT molecular complexity index is 720. The average Bonchev–Trinajstić information content (AvgIpc) is 2.53. The van der Waals surface area contributed by atoms with Crippen LogP contribution < -0.4 is 10.1 Å². The number of carbonyl (C=O) groups excluding carboxylic acids is 2. The lowest BCUT2D eigenvalue weighted by atomic mass is 10.0. The number of benzene rings is 2. The minimum Gasteiger partial charge on any atom is -0.482 e. The Labute approximate surface area is 122 Å². The number of ether oxygens (including phenoxy) is 1. The van der Waals surface area contributed by atoms with E-state index in [0.29, 0.717) is 17.0 Å². The maximum absolute atomic E-state index is 11.4. The maximum atomic E-state index is 11.4. The summed E-state index contributed by atoms with van der Waals surface area (Å²) in [5.41, 5.74) is 2.81. The van der Waals surface area contributed by atoms with Gasteiger partial charge in [-0.25, -0.2) is 0 Å². The molecule has 1 amide bonds. The molecular weight excluding hydrogens is 266 g/mol. The highest BCUT2D eigenvalue weighted by molar-refractivity contribution is 6.14. The van der Waals surface area contributed by atoms with Gasteiger partial charge in [0.05, 0.1) is 5.69 Å². The predicted octanol–water partition coefficient (Wildman–Crippen LogP) is 2.76. The molecule has 0 aliphatic carbocycles. The Kier molecular flexibility index (Phi) is 3.51. The van der Waals surface area contributed by atoms with Gasteiger partial charge in [0.25, 0.3) is 5.91 Å². The number of anilines is 1. The molecule has 0 saturated heterocycles.